The molecule has 0 fully saturated rings. The van der Waals surface area contributed by atoms with Gasteiger partial charge in [-0.2, -0.15) is 0 Å². The summed E-state index contributed by atoms with van der Waals surface area (Å²) in [6.45, 7) is 0. The zero-order valence-electron chi connectivity index (χ0n) is 14.2. The van der Waals surface area contributed by atoms with E-state index in [1.807, 2.05) is 48.5 Å². The summed E-state index contributed by atoms with van der Waals surface area (Å²) in [6.07, 6.45) is 1.77. The first-order valence-corrected chi connectivity index (χ1v) is 9.98. The maximum atomic E-state index is 10.9. The van der Waals surface area contributed by atoms with Crippen LogP contribution in [0.2, 0.25) is 0 Å². The molecule has 0 aliphatic carbocycles. The van der Waals surface area contributed by atoms with Gasteiger partial charge in [-0.25, -0.2) is 9.97 Å². The lowest BCUT2D eigenvalue weighted by Gasteiger charge is -1.98. The first-order chi connectivity index (χ1) is 13.7. The van der Waals surface area contributed by atoms with Gasteiger partial charge >= 0.3 is 5.88 Å². The van der Waals surface area contributed by atoms with E-state index in [1.165, 1.54) is 6.07 Å². The zero-order chi connectivity index (χ0) is 19.1. The molecule has 28 heavy (non-hydrogen) atoms. The van der Waals surface area contributed by atoms with Gasteiger partial charge in [0.1, 0.15) is 20.7 Å². The maximum absolute atomic E-state index is 10.9. The molecular formula is C20H11N3O3S2. The van der Waals surface area contributed by atoms with E-state index in [0.29, 0.717) is 5.76 Å². The molecule has 0 bridgehead atoms. The summed E-state index contributed by atoms with van der Waals surface area (Å²) >= 11 is 3.11. The molecule has 2 aromatic carbocycles. The van der Waals surface area contributed by atoms with E-state index in [1.54, 1.807) is 34.8 Å². The van der Waals surface area contributed by atoms with Crippen molar-refractivity contribution in [1.29, 1.82) is 0 Å². The number of benzene rings is 2. The van der Waals surface area contributed by atoms with Crippen molar-refractivity contribution in [1.82, 2.24) is 9.97 Å². The zero-order valence-corrected chi connectivity index (χ0v) is 15.9. The first kappa shape index (κ1) is 16.8. The molecule has 0 saturated carbocycles. The summed E-state index contributed by atoms with van der Waals surface area (Å²) in [5.41, 5.74) is 2.59. The van der Waals surface area contributed by atoms with Crippen molar-refractivity contribution in [2.75, 3.05) is 0 Å². The van der Waals surface area contributed by atoms with Crippen LogP contribution in [0.1, 0.15) is 15.8 Å². The van der Waals surface area contributed by atoms with Crippen molar-refractivity contribution in [3.8, 4) is 0 Å². The minimum Gasteiger partial charge on any atom is -0.401 e. The lowest BCUT2D eigenvalue weighted by molar-refractivity contribution is -0.402. The summed E-state index contributed by atoms with van der Waals surface area (Å²) in [5, 5.41) is 12.5. The Morgan fingerprint density at radius 3 is 1.96 bits per heavy atom. The number of furan rings is 1. The van der Waals surface area contributed by atoms with Crippen LogP contribution in [-0.2, 0) is 0 Å². The standard InChI is InChI=1S/C20H11N3O3S2/c24-23(25)18-10-9-12(26-18)11-13(19-21-14-5-1-3-7-16(14)27-19)20-22-15-6-2-4-8-17(15)28-20/h1-11H. The summed E-state index contributed by atoms with van der Waals surface area (Å²) in [7, 11) is 0. The highest BCUT2D eigenvalue weighted by Crippen LogP contribution is 2.36. The van der Waals surface area contributed by atoms with Crippen LogP contribution < -0.4 is 0 Å². The summed E-state index contributed by atoms with van der Waals surface area (Å²) in [4.78, 5) is 19.9. The lowest BCUT2D eigenvalue weighted by Crippen LogP contribution is -1.86. The highest BCUT2D eigenvalue weighted by Gasteiger charge is 2.18. The molecule has 3 heterocycles. The van der Waals surface area contributed by atoms with E-state index >= 15 is 0 Å². The Morgan fingerprint density at radius 2 is 1.46 bits per heavy atom. The predicted octanol–water partition coefficient (Wildman–Crippen LogP) is 6.00. The Labute approximate surface area is 166 Å². The number of hydrogen-bond acceptors (Lipinski definition) is 7. The van der Waals surface area contributed by atoms with Crippen LogP contribution in [0.15, 0.2) is 65.1 Å². The fourth-order valence-corrected chi connectivity index (χ4v) is 4.88. The number of para-hydroxylation sites is 2. The van der Waals surface area contributed by atoms with Crippen LogP contribution >= 0.6 is 22.7 Å². The molecule has 0 aliphatic rings. The Hall–Kier alpha value is -3.36. The third-order valence-electron chi connectivity index (χ3n) is 4.13. The van der Waals surface area contributed by atoms with Crippen LogP contribution in [0.3, 0.4) is 0 Å². The number of thiazole rings is 2. The molecular weight excluding hydrogens is 394 g/mol. The highest BCUT2D eigenvalue weighted by atomic mass is 32.1. The molecule has 3 aromatic heterocycles. The molecule has 5 aromatic rings. The predicted molar refractivity (Wildman–Crippen MR) is 112 cm³/mol. The Kier molecular flexibility index (Phi) is 4.00. The molecule has 0 atom stereocenters. The second-order valence-corrected chi connectivity index (χ2v) is 8.03. The monoisotopic (exact) mass is 405 g/mol. The fraction of sp³-hybridized carbons (Fsp3) is 0. The SMILES string of the molecule is O=[N+]([O-])c1ccc(C=C(c2nc3ccccc3s2)c2nc3ccccc3s2)o1. The maximum Gasteiger partial charge on any atom is 0.433 e. The topological polar surface area (TPSA) is 82.1 Å². The molecule has 0 aliphatic heterocycles. The fourth-order valence-electron chi connectivity index (χ4n) is 2.85. The van der Waals surface area contributed by atoms with Crippen LogP contribution in [-0.4, -0.2) is 14.9 Å². The Balaban J connectivity index is 1.70. The molecule has 0 unspecified atom stereocenters. The van der Waals surface area contributed by atoms with Crippen molar-refractivity contribution in [3.05, 3.63) is 86.6 Å². The minimum absolute atomic E-state index is 0.292. The van der Waals surface area contributed by atoms with Gasteiger partial charge in [-0.3, -0.25) is 10.1 Å². The van der Waals surface area contributed by atoms with Crippen molar-refractivity contribution in [3.63, 3.8) is 0 Å². The second kappa shape index (κ2) is 6.66. The number of nitrogens with zero attached hydrogens (tertiary/aromatic N) is 3. The number of aromatic nitrogens is 2. The molecule has 8 heteroatoms. The number of hydrogen-bond donors (Lipinski definition) is 0. The third-order valence-corrected chi connectivity index (χ3v) is 6.27. The van der Waals surface area contributed by atoms with E-state index in [9.17, 15) is 10.1 Å². The van der Waals surface area contributed by atoms with Crippen molar-refractivity contribution in [2.45, 2.75) is 0 Å². The molecule has 6 nitrogen and oxygen atoms in total. The average Bonchev–Trinajstić information content (AvgIpc) is 3.42. The molecule has 0 saturated heterocycles. The molecule has 0 spiro atoms. The van der Waals surface area contributed by atoms with Gasteiger partial charge in [0.15, 0.2) is 0 Å². The third kappa shape index (κ3) is 2.98. The van der Waals surface area contributed by atoms with Crippen molar-refractivity contribution >= 4 is 60.6 Å². The number of rotatable bonds is 4. The van der Waals surface area contributed by atoms with E-state index < -0.39 is 4.92 Å². The van der Waals surface area contributed by atoms with Gasteiger partial charge in [0.25, 0.3) is 0 Å². The number of nitro groups is 1. The van der Waals surface area contributed by atoms with E-state index in [2.05, 4.69) is 0 Å². The van der Waals surface area contributed by atoms with Crippen LogP contribution in [0.5, 0.6) is 0 Å². The first-order valence-electron chi connectivity index (χ1n) is 8.35. The molecule has 5 rings (SSSR count). The normalized spacial score (nSPS) is 11.1. The smallest absolute Gasteiger partial charge is 0.401 e. The molecule has 0 N–H and O–H groups in total. The van der Waals surface area contributed by atoms with Gasteiger partial charge in [0.05, 0.1) is 32.1 Å². The summed E-state index contributed by atoms with van der Waals surface area (Å²) < 4.78 is 7.47. The van der Waals surface area contributed by atoms with Crippen LogP contribution in [0.4, 0.5) is 5.88 Å². The van der Waals surface area contributed by atoms with E-state index in [-0.39, 0.29) is 5.88 Å². The summed E-state index contributed by atoms with van der Waals surface area (Å²) in [6, 6.07) is 18.7. The van der Waals surface area contributed by atoms with Gasteiger partial charge in [-0.05, 0) is 36.4 Å². The quantitative estimate of drug-likeness (QED) is 0.271. The Bertz CT molecular complexity index is 1220. The van der Waals surface area contributed by atoms with Gasteiger partial charge < -0.3 is 4.42 Å². The number of fused-ring (bicyclic) bond motifs is 2. The summed E-state index contributed by atoms with van der Waals surface area (Å²) in [5.74, 6) is 0.0967. The molecule has 136 valence electrons. The van der Waals surface area contributed by atoms with Gasteiger partial charge in [0.2, 0.25) is 0 Å². The average molecular weight is 405 g/mol. The Morgan fingerprint density at radius 1 is 0.893 bits per heavy atom. The van der Waals surface area contributed by atoms with Gasteiger partial charge in [0, 0.05) is 0 Å². The van der Waals surface area contributed by atoms with Gasteiger partial charge in [-0.1, -0.05) is 24.3 Å². The second-order valence-electron chi connectivity index (χ2n) is 5.96. The van der Waals surface area contributed by atoms with Crippen LogP contribution in [0.25, 0.3) is 32.1 Å². The van der Waals surface area contributed by atoms with E-state index in [4.69, 9.17) is 14.4 Å². The minimum atomic E-state index is -0.549. The lowest BCUT2D eigenvalue weighted by atomic mass is 10.2. The molecule has 0 amide bonds. The van der Waals surface area contributed by atoms with Crippen molar-refractivity contribution < 1.29 is 9.34 Å². The molecule has 0 radical (unpaired) electrons. The highest BCUT2D eigenvalue weighted by molar-refractivity contribution is 7.22. The van der Waals surface area contributed by atoms with Crippen molar-refractivity contribution in [2.24, 2.45) is 0 Å². The van der Waals surface area contributed by atoms with Gasteiger partial charge in [-0.15, -0.1) is 22.7 Å². The largest absolute Gasteiger partial charge is 0.433 e. The van der Waals surface area contributed by atoms with Crippen LogP contribution in [0, 0.1) is 10.1 Å². The van der Waals surface area contributed by atoms with E-state index in [0.717, 1.165) is 36.0 Å².